The Kier molecular flexibility index (Phi) is 52.8. The van der Waals surface area contributed by atoms with Gasteiger partial charge in [-0.3, -0.25) is 9.36 Å². The summed E-state index contributed by atoms with van der Waals surface area (Å²) in [6.45, 7) is 4.26. The highest BCUT2D eigenvalue weighted by molar-refractivity contribution is 7.45. The zero-order valence-corrected chi connectivity index (χ0v) is 50.0. The lowest BCUT2D eigenvalue weighted by atomic mass is 10.0. The maximum atomic E-state index is 13.0. The van der Waals surface area contributed by atoms with Gasteiger partial charge in [0.25, 0.3) is 7.82 Å². The van der Waals surface area contributed by atoms with Crippen LogP contribution in [0.1, 0.15) is 251 Å². The number of phosphoric ester groups is 1. The van der Waals surface area contributed by atoms with Gasteiger partial charge in [0.1, 0.15) is 19.3 Å². The summed E-state index contributed by atoms with van der Waals surface area (Å²) in [5.74, 6) is -0.293. The Morgan fingerprint density at radius 3 is 1.28 bits per heavy atom. The summed E-state index contributed by atoms with van der Waals surface area (Å²) in [7, 11) is 1.10. The first-order chi connectivity index (χ1) is 36.4. The van der Waals surface area contributed by atoms with Crippen molar-refractivity contribution in [3.05, 3.63) is 97.2 Å². The van der Waals surface area contributed by atoms with Crippen LogP contribution < -0.4 is 10.2 Å². The molecule has 434 valence electrons. The lowest BCUT2D eigenvalue weighted by Crippen LogP contribution is -2.51. The van der Waals surface area contributed by atoms with Gasteiger partial charge in [-0.1, -0.05) is 239 Å². The smallest absolute Gasteiger partial charge is 0.268 e. The fraction of sp³-hybridized carbons (Fsp3) is 0.738. The van der Waals surface area contributed by atoms with Gasteiger partial charge >= 0.3 is 0 Å². The Bertz CT molecular complexity index is 1560. The Labute approximate surface area is 462 Å². The SMILES string of the molecule is CC/C=C\C/C=C\C/C=C\C/C=C\C/C=C\C/C=C\CCCCCCCCCCCCCCCCCCCCCCC(=O)NC(COP(=O)([O-])OCC[N+](C)(C)C)C(O)C(O)CCC/C=C/CC/C=C/CCCCC. The minimum absolute atomic E-state index is 0.0508. The van der Waals surface area contributed by atoms with Gasteiger partial charge in [0.15, 0.2) is 0 Å². The third-order valence-electron chi connectivity index (χ3n) is 13.4. The monoisotopic (exact) mass is 1070 g/mol. The third-order valence-corrected chi connectivity index (χ3v) is 14.3. The van der Waals surface area contributed by atoms with Crippen LogP contribution in [0.3, 0.4) is 0 Å². The van der Waals surface area contributed by atoms with Crippen LogP contribution in [-0.4, -0.2) is 79.8 Å². The number of nitrogens with zero attached hydrogens (tertiary/aromatic N) is 1. The Hall–Kier alpha value is -2.62. The molecule has 0 aromatic carbocycles. The van der Waals surface area contributed by atoms with E-state index >= 15 is 0 Å². The second-order valence-corrected chi connectivity index (χ2v) is 23.2. The molecule has 0 saturated heterocycles. The normalized spacial score (nSPS) is 14.9. The van der Waals surface area contributed by atoms with Crippen LogP contribution in [0.25, 0.3) is 0 Å². The number of carbonyl (C=O) groups is 1. The van der Waals surface area contributed by atoms with Crippen LogP contribution in [0.4, 0.5) is 0 Å². The topological polar surface area (TPSA) is 128 Å². The number of rotatable bonds is 55. The lowest BCUT2D eigenvalue weighted by Gasteiger charge is -2.31. The number of likely N-dealkylation sites (N-methyl/N-ethyl adjacent to an activating group) is 1. The maximum absolute atomic E-state index is 13.0. The summed E-state index contributed by atoms with van der Waals surface area (Å²) in [6.07, 6.45) is 75.0. The standard InChI is InChI=1S/C65H117N2O7P/c1-6-8-10-12-14-16-18-20-21-22-23-24-25-26-27-28-29-30-31-32-33-34-35-36-37-38-39-40-41-42-43-44-45-46-48-50-52-54-56-58-64(69)66-62(61-74-75(71,72)73-60-59-67(3,4)5)65(70)63(68)57-55-53-51-49-47-19-17-15-13-11-9-7-2/h8,10,14-17,20-21,23-24,26-27,29-30,49,51,62-63,65,68,70H,6-7,9,11-13,18-19,22,25,28,31-48,50,52-61H2,1-5H3,(H-,66,69,71,72)/b10-8-,16-14-,17-15+,21-20-,24-23-,27-26-,30-29-,51-49+. The molecular weight excluding hydrogens is 952 g/mol. The van der Waals surface area contributed by atoms with Crippen molar-refractivity contribution in [2.45, 2.75) is 270 Å². The molecule has 10 heteroatoms. The number of hydrogen-bond donors (Lipinski definition) is 3. The molecule has 0 aliphatic carbocycles. The zero-order chi connectivity index (χ0) is 55.0. The number of hydrogen-bond acceptors (Lipinski definition) is 7. The van der Waals surface area contributed by atoms with Gasteiger partial charge in [0.05, 0.1) is 39.9 Å². The highest BCUT2D eigenvalue weighted by Gasteiger charge is 2.29. The van der Waals surface area contributed by atoms with E-state index in [2.05, 4.69) is 116 Å². The molecule has 0 aliphatic rings. The molecule has 0 aliphatic heterocycles. The minimum atomic E-state index is -4.69. The van der Waals surface area contributed by atoms with Crippen molar-refractivity contribution < 1.29 is 38.0 Å². The van der Waals surface area contributed by atoms with Gasteiger partial charge in [-0.15, -0.1) is 0 Å². The average molecular weight is 1070 g/mol. The lowest BCUT2D eigenvalue weighted by molar-refractivity contribution is -0.870. The maximum Gasteiger partial charge on any atom is 0.268 e. The highest BCUT2D eigenvalue weighted by atomic mass is 31.2. The van der Waals surface area contributed by atoms with Gasteiger partial charge in [-0.05, 0) is 103 Å². The molecule has 0 saturated carbocycles. The number of aliphatic hydroxyl groups excluding tert-OH is 2. The van der Waals surface area contributed by atoms with Gasteiger partial charge < -0.3 is 34.0 Å². The van der Waals surface area contributed by atoms with E-state index < -0.39 is 32.7 Å². The molecule has 0 heterocycles. The number of nitrogens with one attached hydrogen (secondary N) is 1. The first-order valence-corrected chi connectivity index (χ1v) is 32.1. The summed E-state index contributed by atoms with van der Waals surface area (Å²) in [5, 5.41) is 24.7. The molecule has 0 spiro atoms. The molecule has 3 N–H and O–H groups in total. The van der Waals surface area contributed by atoms with Gasteiger partial charge in [0.2, 0.25) is 5.91 Å². The number of quaternary nitrogens is 1. The predicted molar refractivity (Wildman–Crippen MR) is 322 cm³/mol. The van der Waals surface area contributed by atoms with E-state index in [1.807, 2.05) is 21.1 Å². The van der Waals surface area contributed by atoms with E-state index in [-0.39, 0.29) is 18.9 Å². The van der Waals surface area contributed by atoms with Crippen molar-refractivity contribution in [1.29, 1.82) is 0 Å². The van der Waals surface area contributed by atoms with Crippen LogP contribution in [0.2, 0.25) is 0 Å². The number of carbonyl (C=O) groups excluding carboxylic acids is 1. The van der Waals surface area contributed by atoms with Crippen molar-refractivity contribution in [1.82, 2.24) is 5.32 Å². The van der Waals surface area contributed by atoms with Crippen molar-refractivity contribution in [2.24, 2.45) is 0 Å². The first-order valence-electron chi connectivity index (χ1n) is 30.7. The van der Waals surface area contributed by atoms with Crippen LogP contribution in [0, 0.1) is 0 Å². The number of phosphoric acid groups is 1. The summed E-state index contributed by atoms with van der Waals surface area (Å²) < 4.78 is 23.2. The van der Waals surface area contributed by atoms with Crippen molar-refractivity contribution in [3.63, 3.8) is 0 Å². The van der Waals surface area contributed by atoms with Crippen LogP contribution in [0.5, 0.6) is 0 Å². The quantitative estimate of drug-likeness (QED) is 0.0239. The zero-order valence-electron chi connectivity index (χ0n) is 49.1. The highest BCUT2D eigenvalue weighted by Crippen LogP contribution is 2.38. The molecule has 75 heavy (non-hydrogen) atoms. The Balaban J connectivity index is 4.01. The molecule has 1 amide bonds. The van der Waals surface area contributed by atoms with Gasteiger partial charge in [-0.25, -0.2) is 0 Å². The largest absolute Gasteiger partial charge is 0.756 e. The molecule has 0 aromatic heterocycles. The van der Waals surface area contributed by atoms with Gasteiger partial charge in [-0.2, -0.15) is 0 Å². The number of allylic oxidation sites excluding steroid dienone is 16. The second-order valence-electron chi connectivity index (χ2n) is 21.8. The molecule has 4 unspecified atom stereocenters. The van der Waals surface area contributed by atoms with E-state index in [4.69, 9.17) is 9.05 Å². The van der Waals surface area contributed by atoms with Crippen LogP contribution >= 0.6 is 7.82 Å². The van der Waals surface area contributed by atoms with E-state index in [0.717, 1.165) is 83.5 Å². The second kappa shape index (κ2) is 54.7. The summed E-state index contributed by atoms with van der Waals surface area (Å²) in [4.78, 5) is 25.5. The number of aliphatic hydroxyl groups is 2. The van der Waals surface area contributed by atoms with E-state index in [0.29, 0.717) is 30.3 Å². The molecule has 0 aromatic rings. The van der Waals surface area contributed by atoms with E-state index in [1.54, 1.807) is 0 Å². The Morgan fingerprint density at radius 1 is 0.493 bits per heavy atom. The summed E-state index contributed by atoms with van der Waals surface area (Å²) in [5.41, 5.74) is 0. The van der Waals surface area contributed by atoms with Crippen molar-refractivity contribution in [2.75, 3.05) is 40.9 Å². The molecule has 0 bridgehead atoms. The van der Waals surface area contributed by atoms with Crippen LogP contribution in [0.15, 0.2) is 97.2 Å². The average Bonchev–Trinajstić information content (AvgIpc) is 3.37. The van der Waals surface area contributed by atoms with Crippen molar-refractivity contribution >= 4 is 13.7 Å². The van der Waals surface area contributed by atoms with Gasteiger partial charge in [0, 0.05) is 6.42 Å². The number of unbranched alkanes of at least 4 members (excludes halogenated alkanes) is 25. The third kappa shape index (κ3) is 55.9. The van der Waals surface area contributed by atoms with E-state index in [9.17, 15) is 24.5 Å². The summed E-state index contributed by atoms with van der Waals surface area (Å²) >= 11 is 0. The van der Waals surface area contributed by atoms with Crippen LogP contribution in [-0.2, 0) is 18.4 Å². The number of amides is 1. The fourth-order valence-electron chi connectivity index (χ4n) is 8.57. The first kappa shape index (κ1) is 72.4. The molecule has 0 radical (unpaired) electrons. The molecular formula is C65H117N2O7P. The summed E-state index contributed by atoms with van der Waals surface area (Å²) in [6, 6.07) is -1.10. The molecule has 0 rings (SSSR count). The minimum Gasteiger partial charge on any atom is -0.756 e. The predicted octanol–water partition coefficient (Wildman–Crippen LogP) is 17.3. The molecule has 0 fully saturated rings. The molecule has 9 nitrogen and oxygen atoms in total. The van der Waals surface area contributed by atoms with E-state index in [1.165, 1.54) is 128 Å². The fourth-order valence-corrected chi connectivity index (χ4v) is 9.29. The van der Waals surface area contributed by atoms with Crippen molar-refractivity contribution in [3.8, 4) is 0 Å². The Morgan fingerprint density at radius 2 is 0.853 bits per heavy atom. The molecule has 4 atom stereocenters.